The molecule has 2 aliphatic heterocycles. The van der Waals surface area contributed by atoms with E-state index >= 15 is 0 Å². The lowest BCUT2D eigenvalue weighted by atomic mass is 9.80. The molecule has 0 spiro atoms. The molecule has 4 heterocycles. The molecule has 1 N–H and O–H groups in total. The van der Waals surface area contributed by atoms with Crippen LogP contribution in [0.1, 0.15) is 37.9 Å². The lowest BCUT2D eigenvalue weighted by Crippen LogP contribution is -2.54. The number of nitrogens with zero attached hydrogens (tertiary/aromatic N) is 6. The average Bonchev–Trinajstić information content (AvgIpc) is 3.27. The van der Waals surface area contributed by atoms with Gasteiger partial charge in [-0.25, -0.2) is 27.8 Å². The number of benzene rings is 1. The highest BCUT2D eigenvalue weighted by atomic mass is 35.5. The topological polar surface area (TPSA) is 96.3 Å². The molecular weight excluding hydrogens is 614 g/mol. The van der Waals surface area contributed by atoms with E-state index in [2.05, 4.69) is 31.3 Å². The lowest BCUT2D eigenvalue weighted by molar-refractivity contribution is -0.140. The van der Waals surface area contributed by atoms with Crippen molar-refractivity contribution in [2.45, 2.75) is 38.1 Å². The Morgan fingerprint density at radius 2 is 1.93 bits per heavy atom. The van der Waals surface area contributed by atoms with E-state index in [9.17, 15) is 21.6 Å². The third kappa shape index (κ3) is 6.40. The van der Waals surface area contributed by atoms with Crippen molar-refractivity contribution in [1.29, 1.82) is 0 Å². The van der Waals surface area contributed by atoms with Crippen molar-refractivity contribution in [2.24, 2.45) is 11.8 Å². The van der Waals surface area contributed by atoms with Gasteiger partial charge in [0.25, 0.3) is 0 Å². The second kappa shape index (κ2) is 11.9. The van der Waals surface area contributed by atoms with Crippen LogP contribution in [0.4, 0.5) is 19.0 Å². The van der Waals surface area contributed by atoms with Gasteiger partial charge in [-0.1, -0.05) is 29.8 Å². The Morgan fingerprint density at radius 1 is 1.19 bits per heavy atom. The van der Waals surface area contributed by atoms with Crippen molar-refractivity contribution in [2.75, 3.05) is 44.2 Å². The molecule has 3 aromatic rings. The first-order valence-electron chi connectivity index (χ1n) is 13.7. The Hall–Kier alpha value is -2.45. The van der Waals surface area contributed by atoms with Crippen LogP contribution >= 0.6 is 23.2 Å². The minimum atomic E-state index is -4.74. The van der Waals surface area contributed by atoms with E-state index < -0.39 is 27.1 Å². The molecule has 1 aromatic carbocycles. The number of likely N-dealkylation sites (tertiary alicyclic amines) is 1. The van der Waals surface area contributed by atoms with Crippen molar-refractivity contribution in [3.05, 3.63) is 52.3 Å². The van der Waals surface area contributed by atoms with Crippen LogP contribution < -0.4 is 9.62 Å². The van der Waals surface area contributed by atoms with Gasteiger partial charge in [-0.15, -0.1) is 0 Å². The number of hydrogen-bond donors (Lipinski definition) is 1. The predicted octanol–water partition coefficient (Wildman–Crippen LogP) is 5.15. The third-order valence-corrected chi connectivity index (χ3v) is 10.3. The summed E-state index contributed by atoms with van der Waals surface area (Å²) in [6.45, 7) is 11.5. The number of anilines is 1. The van der Waals surface area contributed by atoms with Gasteiger partial charge in [-0.2, -0.15) is 18.3 Å². The van der Waals surface area contributed by atoms with Gasteiger partial charge in [0, 0.05) is 43.3 Å². The van der Waals surface area contributed by atoms with Crippen LogP contribution in [0, 0.1) is 11.8 Å². The van der Waals surface area contributed by atoms with Gasteiger partial charge in [-0.3, -0.25) is 0 Å². The summed E-state index contributed by atoms with van der Waals surface area (Å²) in [6.07, 6.45) is -1.29. The molecule has 0 unspecified atom stereocenters. The molecule has 228 valence electrons. The van der Waals surface area contributed by atoms with Gasteiger partial charge in [-0.05, 0) is 63.3 Å². The van der Waals surface area contributed by atoms with Crippen molar-refractivity contribution < 1.29 is 21.6 Å². The van der Waals surface area contributed by atoms with Gasteiger partial charge >= 0.3 is 6.18 Å². The highest BCUT2D eigenvalue weighted by Gasteiger charge is 2.40. The molecule has 0 amide bonds. The van der Waals surface area contributed by atoms with E-state index in [4.69, 9.17) is 23.2 Å². The number of piperidine rings is 1. The fraction of sp³-hybridized carbons (Fsp3) is 0.519. The number of alkyl halides is 3. The molecule has 2 aromatic heterocycles. The quantitative estimate of drug-likeness (QED) is 0.344. The molecule has 1 atom stereocenters. The number of halogens is 5. The Morgan fingerprint density at radius 3 is 2.60 bits per heavy atom. The Labute approximate surface area is 252 Å². The Balaban J connectivity index is 1.30. The monoisotopic (exact) mass is 645 g/mol. The normalized spacial score (nSPS) is 19.0. The number of fused-ring (bicyclic) bond motifs is 1. The largest absolute Gasteiger partial charge is 0.437 e. The second-order valence-electron chi connectivity index (χ2n) is 11.1. The summed E-state index contributed by atoms with van der Waals surface area (Å²) in [5.74, 6) is 1.28. The molecule has 0 aliphatic carbocycles. The number of aromatic nitrogens is 4. The van der Waals surface area contributed by atoms with Crippen LogP contribution in [0.15, 0.2) is 31.0 Å². The van der Waals surface area contributed by atoms with Gasteiger partial charge in [0.1, 0.15) is 11.3 Å². The number of rotatable bonds is 9. The zero-order valence-electron chi connectivity index (χ0n) is 23.2. The first-order valence-corrected chi connectivity index (χ1v) is 16.0. The molecule has 0 bridgehead atoms. The molecular formula is C27H32Cl2F3N7O2S. The van der Waals surface area contributed by atoms with Crippen LogP contribution in [0.25, 0.3) is 16.9 Å². The molecule has 15 heteroatoms. The maximum absolute atomic E-state index is 13.9. The summed E-state index contributed by atoms with van der Waals surface area (Å²) < 4.78 is 69.4. The lowest BCUT2D eigenvalue weighted by Gasteiger charge is -2.47. The summed E-state index contributed by atoms with van der Waals surface area (Å²) in [5.41, 5.74) is -1.10. The Bertz CT molecular complexity index is 1590. The number of sulfonamides is 1. The van der Waals surface area contributed by atoms with Crippen LogP contribution in [-0.2, 0) is 16.2 Å². The van der Waals surface area contributed by atoms with E-state index in [1.807, 2.05) is 4.90 Å². The van der Waals surface area contributed by atoms with Crippen molar-refractivity contribution in [1.82, 2.24) is 29.4 Å². The van der Waals surface area contributed by atoms with Gasteiger partial charge < -0.3 is 9.80 Å². The van der Waals surface area contributed by atoms with E-state index in [1.165, 1.54) is 12.3 Å². The minimum Gasteiger partial charge on any atom is -0.355 e. The first kappa shape index (κ1) is 31.0. The predicted molar refractivity (Wildman–Crippen MR) is 158 cm³/mol. The van der Waals surface area contributed by atoms with E-state index in [0.717, 1.165) is 30.6 Å². The molecule has 2 aliphatic rings. The second-order valence-corrected chi connectivity index (χ2v) is 14.3. The fourth-order valence-corrected chi connectivity index (χ4v) is 6.67. The summed E-state index contributed by atoms with van der Waals surface area (Å²) in [5, 5.41) is 3.93. The maximum atomic E-state index is 13.9. The van der Waals surface area contributed by atoms with Gasteiger partial charge in [0.05, 0.1) is 22.2 Å². The molecule has 0 radical (unpaired) electrons. The van der Waals surface area contributed by atoms with Crippen LogP contribution in [-0.4, -0.2) is 77.6 Å². The highest BCUT2D eigenvalue weighted by Crippen LogP contribution is 2.38. The molecule has 2 fully saturated rings. The van der Waals surface area contributed by atoms with E-state index in [0.29, 0.717) is 54.4 Å². The zero-order valence-corrected chi connectivity index (χ0v) is 25.5. The summed E-state index contributed by atoms with van der Waals surface area (Å²) in [6, 6.07) is 4.61. The Kier molecular flexibility index (Phi) is 8.79. The van der Waals surface area contributed by atoms with Crippen LogP contribution in [0.2, 0.25) is 10.0 Å². The zero-order chi connectivity index (χ0) is 30.4. The average molecular weight is 647 g/mol. The molecule has 42 heavy (non-hydrogen) atoms. The van der Waals surface area contributed by atoms with Crippen LogP contribution in [0.3, 0.4) is 0 Å². The SMILES string of the molecule is C=C(c1ccc(Cl)cc1Cl)n1nc(C(F)(F)F)c2ncc(N3CC([C@H]4CCCN(CCNS(=O)(=O)C(C)C)C4)C3)nc21. The summed E-state index contributed by atoms with van der Waals surface area (Å²) in [4.78, 5) is 13.0. The standard InChI is InChI=1S/C27H32Cl2F3N7O2S/c1-16(2)42(40,41)34-8-10-37-9-4-5-18(13-37)19-14-38(15-19)23-12-33-24-25(27(30,31)32)36-39(26(24)35-23)17(3)21-7-6-20(28)11-22(21)29/h6-7,11-12,16,18-19,34H,3-5,8-10,13-15H2,1-2H3/t18-/m0/s1. The number of nitrogens with one attached hydrogen (secondary N) is 1. The molecule has 9 nitrogen and oxygen atoms in total. The van der Waals surface area contributed by atoms with E-state index in [1.54, 1.807) is 26.0 Å². The van der Waals surface area contributed by atoms with Gasteiger partial charge in [0.2, 0.25) is 10.0 Å². The molecule has 0 saturated carbocycles. The number of hydrogen-bond acceptors (Lipinski definition) is 7. The summed E-state index contributed by atoms with van der Waals surface area (Å²) in [7, 11) is -3.29. The van der Waals surface area contributed by atoms with E-state index in [-0.39, 0.29) is 21.9 Å². The molecule has 2 saturated heterocycles. The smallest absolute Gasteiger partial charge is 0.355 e. The molecule has 5 rings (SSSR count). The fourth-order valence-electron chi connectivity index (χ4n) is 5.44. The van der Waals surface area contributed by atoms with Crippen LogP contribution in [0.5, 0.6) is 0 Å². The van der Waals surface area contributed by atoms with Crippen molar-refractivity contribution in [3.8, 4) is 0 Å². The summed E-state index contributed by atoms with van der Waals surface area (Å²) >= 11 is 12.3. The van der Waals surface area contributed by atoms with Gasteiger partial charge in [0.15, 0.2) is 11.3 Å². The highest BCUT2D eigenvalue weighted by molar-refractivity contribution is 7.90. The third-order valence-electron chi connectivity index (χ3n) is 7.93. The minimum absolute atomic E-state index is 0.0630. The maximum Gasteiger partial charge on any atom is 0.437 e. The van der Waals surface area contributed by atoms with Crippen molar-refractivity contribution >= 4 is 55.9 Å². The van der Waals surface area contributed by atoms with Crippen molar-refractivity contribution in [3.63, 3.8) is 0 Å². The first-order chi connectivity index (χ1) is 19.7.